The topological polar surface area (TPSA) is 49.5 Å². The summed E-state index contributed by atoms with van der Waals surface area (Å²) in [6.45, 7) is -0.0400. The molecule has 0 spiro atoms. The van der Waals surface area contributed by atoms with E-state index in [0.29, 0.717) is 5.69 Å². The van der Waals surface area contributed by atoms with Crippen LogP contribution in [0, 0.1) is 0 Å². The van der Waals surface area contributed by atoms with E-state index in [1.54, 1.807) is 12.1 Å². The van der Waals surface area contributed by atoms with Crippen LogP contribution in [0.4, 0.5) is 14.5 Å². The number of halogens is 3. The Kier molecular flexibility index (Phi) is 5.80. The van der Waals surface area contributed by atoms with Crippen molar-refractivity contribution in [3.05, 3.63) is 28.2 Å². The fraction of sp³-hybridized carbons (Fsp3) is 0.455. The molecule has 3 N–H and O–H groups in total. The largest absolute Gasteiger partial charge is 0.398 e. The maximum atomic E-state index is 12.3. The molecule has 17 heavy (non-hydrogen) atoms. The van der Waals surface area contributed by atoms with Crippen molar-refractivity contribution in [1.82, 2.24) is 4.90 Å². The molecule has 0 fully saturated rings. The highest BCUT2D eigenvalue weighted by molar-refractivity contribution is 9.10. The molecular formula is C11H15BrF2N2O. The van der Waals surface area contributed by atoms with Crippen molar-refractivity contribution in [3.8, 4) is 0 Å². The van der Waals surface area contributed by atoms with E-state index in [4.69, 9.17) is 10.8 Å². The second-order valence-corrected chi connectivity index (χ2v) is 4.51. The lowest BCUT2D eigenvalue weighted by Gasteiger charge is -2.22. The lowest BCUT2D eigenvalue weighted by atomic mass is 10.1. The molecule has 1 rings (SSSR count). The zero-order valence-corrected chi connectivity index (χ0v) is 10.8. The number of rotatable bonds is 6. The first-order valence-corrected chi connectivity index (χ1v) is 5.98. The standard InChI is InChI=1S/C11H15BrF2N2O/c12-9-2-1-3-10(15)8(9)6-16(4-5-17)7-11(13)14/h1-3,11,17H,4-7,15H2. The zero-order valence-electron chi connectivity index (χ0n) is 9.24. The third-order valence-electron chi connectivity index (χ3n) is 2.35. The van der Waals surface area contributed by atoms with Gasteiger partial charge in [0.2, 0.25) is 0 Å². The minimum atomic E-state index is -2.43. The predicted molar refractivity (Wildman–Crippen MR) is 66.9 cm³/mol. The van der Waals surface area contributed by atoms with Gasteiger partial charge in [-0.15, -0.1) is 0 Å². The quantitative estimate of drug-likeness (QED) is 0.791. The van der Waals surface area contributed by atoms with Crippen molar-refractivity contribution in [2.75, 3.05) is 25.4 Å². The van der Waals surface area contributed by atoms with Crippen LogP contribution in [0.15, 0.2) is 22.7 Å². The third-order valence-corrected chi connectivity index (χ3v) is 3.09. The van der Waals surface area contributed by atoms with Crippen LogP contribution in [0.25, 0.3) is 0 Å². The molecule has 6 heteroatoms. The molecule has 0 amide bonds. The molecule has 1 aromatic rings. The van der Waals surface area contributed by atoms with Crippen molar-refractivity contribution < 1.29 is 13.9 Å². The number of nitrogens with zero attached hydrogens (tertiary/aromatic N) is 1. The van der Waals surface area contributed by atoms with Crippen LogP contribution in [-0.4, -0.2) is 36.1 Å². The van der Waals surface area contributed by atoms with E-state index in [-0.39, 0.29) is 26.2 Å². The smallest absolute Gasteiger partial charge is 0.251 e. The molecule has 96 valence electrons. The zero-order chi connectivity index (χ0) is 12.8. The predicted octanol–water partition coefficient (Wildman–Crippen LogP) is 2.09. The number of aliphatic hydroxyl groups is 1. The first kappa shape index (κ1) is 14.3. The Balaban J connectivity index is 2.78. The van der Waals surface area contributed by atoms with E-state index in [0.717, 1.165) is 10.0 Å². The molecule has 0 saturated carbocycles. The van der Waals surface area contributed by atoms with E-state index in [1.807, 2.05) is 6.07 Å². The summed E-state index contributed by atoms with van der Waals surface area (Å²) >= 11 is 3.34. The summed E-state index contributed by atoms with van der Waals surface area (Å²) in [5.74, 6) is 0. The van der Waals surface area contributed by atoms with Crippen LogP contribution in [-0.2, 0) is 6.54 Å². The summed E-state index contributed by atoms with van der Waals surface area (Å²) in [4.78, 5) is 1.47. The summed E-state index contributed by atoms with van der Waals surface area (Å²) < 4.78 is 25.5. The minimum absolute atomic E-state index is 0.156. The number of aliphatic hydroxyl groups excluding tert-OH is 1. The van der Waals surface area contributed by atoms with Crippen LogP contribution < -0.4 is 5.73 Å². The second kappa shape index (κ2) is 6.88. The Morgan fingerprint density at radius 2 is 2.12 bits per heavy atom. The van der Waals surface area contributed by atoms with Crippen molar-refractivity contribution in [1.29, 1.82) is 0 Å². The van der Waals surface area contributed by atoms with E-state index in [2.05, 4.69) is 15.9 Å². The number of hydrogen-bond acceptors (Lipinski definition) is 3. The van der Waals surface area contributed by atoms with Gasteiger partial charge in [-0.2, -0.15) is 0 Å². The summed E-state index contributed by atoms with van der Waals surface area (Å²) in [7, 11) is 0. The highest BCUT2D eigenvalue weighted by Gasteiger charge is 2.14. The summed E-state index contributed by atoms with van der Waals surface area (Å²) in [6.07, 6.45) is -2.43. The van der Waals surface area contributed by atoms with Gasteiger partial charge in [0.1, 0.15) is 0 Å². The number of nitrogens with two attached hydrogens (primary N) is 1. The van der Waals surface area contributed by atoms with Gasteiger partial charge in [-0.1, -0.05) is 22.0 Å². The average Bonchev–Trinajstić information content (AvgIpc) is 2.23. The Morgan fingerprint density at radius 1 is 1.41 bits per heavy atom. The first-order chi connectivity index (χ1) is 8.04. The highest BCUT2D eigenvalue weighted by Crippen LogP contribution is 2.24. The van der Waals surface area contributed by atoms with Gasteiger partial charge in [-0.25, -0.2) is 8.78 Å². The Morgan fingerprint density at radius 3 is 2.65 bits per heavy atom. The molecule has 0 atom stereocenters. The fourth-order valence-corrected chi connectivity index (χ4v) is 2.04. The van der Waals surface area contributed by atoms with E-state index >= 15 is 0 Å². The average molecular weight is 309 g/mol. The van der Waals surface area contributed by atoms with Gasteiger partial charge in [-0.3, -0.25) is 4.90 Å². The molecular weight excluding hydrogens is 294 g/mol. The number of anilines is 1. The molecule has 0 heterocycles. The van der Waals surface area contributed by atoms with Crippen molar-refractivity contribution >= 4 is 21.6 Å². The summed E-state index contributed by atoms with van der Waals surface area (Å²) in [5.41, 5.74) is 7.11. The van der Waals surface area contributed by atoms with Crippen molar-refractivity contribution in [2.45, 2.75) is 13.0 Å². The van der Waals surface area contributed by atoms with Crippen LogP contribution in [0.5, 0.6) is 0 Å². The molecule has 1 aromatic carbocycles. The van der Waals surface area contributed by atoms with Gasteiger partial charge in [0, 0.05) is 28.8 Å². The lowest BCUT2D eigenvalue weighted by molar-refractivity contribution is 0.0746. The number of nitrogen functional groups attached to an aromatic ring is 1. The summed E-state index contributed by atoms with van der Waals surface area (Å²) in [5, 5.41) is 8.84. The van der Waals surface area contributed by atoms with Crippen molar-refractivity contribution in [2.24, 2.45) is 0 Å². The Labute approximate surface area is 107 Å². The summed E-state index contributed by atoms with van der Waals surface area (Å²) in [6, 6.07) is 5.32. The van der Waals surface area contributed by atoms with Gasteiger partial charge in [0.05, 0.1) is 13.2 Å². The Hall–Kier alpha value is -0.720. The molecule has 0 aliphatic heterocycles. The van der Waals surface area contributed by atoms with Gasteiger partial charge in [-0.05, 0) is 12.1 Å². The van der Waals surface area contributed by atoms with Crippen LogP contribution in [0.2, 0.25) is 0 Å². The molecule has 0 saturated heterocycles. The number of alkyl halides is 2. The lowest BCUT2D eigenvalue weighted by Crippen LogP contribution is -2.31. The molecule has 0 unspecified atom stereocenters. The van der Waals surface area contributed by atoms with Gasteiger partial charge < -0.3 is 10.8 Å². The minimum Gasteiger partial charge on any atom is -0.398 e. The highest BCUT2D eigenvalue weighted by atomic mass is 79.9. The van der Waals surface area contributed by atoms with Crippen LogP contribution in [0.1, 0.15) is 5.56 Å². The SMILES string of the molecule is Nc1cccc(Br)c1CN(CCO)CC(F)F. The first-order valence-electron chi connectivity index (χ1n) is 5.18. The third kappa shape index (κ3) is 4.57. The fourth-order valence-electron chi connectivity index (χ4n) is 1.54. The molecule has 0 aliphatic carbocycles. The molecule has 0 aliphatic rings. The number of benzene rings is 1. The van der Waals surface area contributed by atoms with E-state index in [1.165, 1.54) is 4.90 Å². The second-order valence-electron chi connectivity index (χ2n) is 3.66. The molecule has 0 bridgehead atoms. The van der Waals surface area contributed by atoms with Crippen LogP contribution >= 0.6 is 15.9 Å². The number of hydrogen-bond donors (Lipinski definition) is 2. The van der Waals surface area contributed by atoms with Crippen LogP contribution in [0.3, 0.4) is 0 Å². The molecule has 0 radical (unpaired) electrons. The maximum Gasteiger partial charge on any atom is 0.251 e. The van der Waals surface area contributed by atoms with Gasteiger partial charge >= 0.3 is 0 Å². The van der Waals surface area contributed by atoms with E-state index < -0.39 is 6.43 Å². The normalized spacial score (nSPS) is 11.4. The monoisotopic (exact) mass is 308 g/mol. The Bertz CT molecular complexity index is 343. The van der Waals surface area contributed by atoms with Gasteiger partial charge in [0.25, 0.3) is 6.43 Å². The van der Waals surface area contributed by atoms with E-state index in [9.17, 15) is 8.78 Å². The van der Waals surface area contributed by atoms with Crippen molar-refractivity contribution in [3.63, 3.8) is 0 Å². The molecule has 3 nitrogen and oxygen atoms in total. The maximum absolute atomic E-state index is 12.3. The molecule has 0 aromatic heterocycles. The van der Waals surface area contributed by atoms with Gasteiger partial charge in [0.15, 0.2) is 0 Å².